The molecule has 0 aromatic heterocycles. The van der Waals surface area contributed by atoms with E-state index in [4.69, 9.17) is 5.11 Å². The molecular formula is C15H28N2O3. The van der Waals surface area contributed by atoms with Crippen LogP contribution in [0.15, 0.2) is 0 Å². The second-order valence-electron chi connectivity index (χ2n) is 6.55. The van der Waals surface area contributed by atoms with Gasteiger partial charge in [0.25, 0.3) is 0 Å². The molecule has 0 spiro atoms. The van der Waals surface area contributed by atoms with E-state index < -0.39 is 11.4 Å². The van der Waals surface area contributed by atoms with Crippen molar-refractivity contribution in [1.29, 1.82) is 0 Å². The van der Waals surface area contributed by atoms with Gasteiger partial charge in [0.05, 0.1) is 5.41 Å². The molecule has 1 fully saturated rings. The number of carboxylic acids is 1. The highest BCUT2D eigenvalue weighted by Crippen LogP contribution is 2.30. The van der Waals surface area contributed by atoms with Gasteiger partial charge in [0, 0.05) is 13.1 Å². The molecule has 2 amide bonds. The normalized spacial score (nSPS) is 23.1. The Morgan fingerprint density at radius 1 is 1.10 bits per heavy atom. The molecule has 0 aromatic rings. The van der Waals surface area contributed by atoms with Crippen molar-refractivity contribution < 1.29 is 14.7 Å². The van der Waals surface area contributed by atoms with Crippen LogP contribution in [0.1, 0.15) is 52.9 Å². The molecule has 0 radical (unpaired) electrons. The Hall–Kier alpha value is -1.26. The average Bonchev–Trinajstić information content (AvgIpc) is 2.43. The second kappa shape index (κ2) is 7.50. The largest absolute Gasteiger partial charge is 0.481 e. The van der Waals surface area contributed by atoms with E-state index in [1.165, 1.54) is 32.1 Å². The molecule has 5 heteroatoms. The summed E-state index contributed by atoms with van der Waals surface area (Å²) in [5.41, 5.74) is -0.934. The van der Waals surface area contributed by atoms with Crippen molar-refractivity contribution in [2.45, 2.75) is 52.9 Å². The zero-order valence-electron chi connectivity index (χ0n) is 12.9. The smallest absolute Gasteiger partial charge is 0.314 e. The van der Waals surface area contributed by atoms with Crippen LogP contribution in [0, 0.1) is 17.3 Å². The van der Waals surface area contributed by atoms with Gasteiger partial charge in [-0.25, -0.2) is 4.79 Å². The van der Waals surface area contributed by atoms with Crippen molar-refractivity contribution in [2.24, 2.45) is 17.3 Å². The lowest BCUT2D eigenvalue weighted by Gasteiger charge is -2.28. The molecule has 1 saturated carbocycles. The second-order valence-corrected chi connectivity index (χ2v) is 6.55. The quantitative estimate of drug-likeness (QED) is 0.701. The highest BCUT2D eigenvalue weighted by atomic mass is 16.4. The molecule has 0 bridgehead atoms. The highest BCUT2D eigenvalue weighted by molar-refractivity contribution is 5.77. The minimum Gasteiger partial charge on any atom is -0.481 e. The zero-order chi connectivity index (χ0) is 15.2. The third-order valence-electron chi connectivity index (χ3n) is 4.36. The number of nitrogens with one attached hydrogen (secondary N) is 2. The summed E-state index contributed by atoms with van der Waals surface area (Å²) in [6.45, 7) is 6.26. The summed E-state index contributed by atoms with van der Waals surface area (Å²) in [7, 11) is 0. The van der Waals surface area contributed by atoms with Gasteiger partial charge in [-0.2, -0.15) is 0 Å². The summed E-state index contributed by atoms with van der Waals surface area (Å²) in [6.07, 6.45) is 6.14. The first-order valence-electron chi connectivity index (χ1n) is 7.60. The summed E-state index contributed by atoms with van der Waals surface area (Å²) in [5, 5.41) is 14.5. The zero-order valence-corrected chi connectivity index (χ0v) is 12.9. The molecule has 0 aromatic carbocycles. The van der Waals surface area contributed by atoms with Crippen LogP contribution in [-0.4, -0.2) is 30.2 Å². The predicted molar refractivity (Wildman–Crippen MR) is 78.6 cm³/mol. The summed E-state index contributed by atoms with van der Waals surface area (Å²) >= 11 is 0. The third kappa shape index (κ3) is 5.39. The van der Waals surface area contributed by atoms with Crippen LogP contribution in [0.3, 0.4) is 0 Å². The summed E-state index contributed by atoms with van der Waals surface area (Å²) < 4.78 is 0. The Morgan fingerprint density at radius 2 is 1.65 bits per heavy atom. The van der Waals surface area contributed by atoms with E-state index in [1.807, 2.05) is 0 Å². The Morgan fingerprint density at radius 3 is 2.15 bits per heavy atom. The van der Waals surface area contributed by atoms with E-state index >= 15 is 0 Å². The van der Waals surface area contributed by atoms with Crippen molar-refractivity contribution in [2.75, 3.05) is 13.1 Å². The number of carbonyl (C=O) groups excluding carboxylic acids is 1. The van der Waals surface area contributed by atoms with E-state index in [9.17, 15) is 9.59 Å². The third-order valence-corrected chi connectivity index (χ3v) is 4.36. The van der Waals surface area contributed by atoms with E-state index in [-0.39, 0.29) is 12.6 Å². The maximum Gasteiger partial charge on any atom is 0.314 e. The van der Waals surface area contributed by atoms with Crippen LogP contribution in [-0.2, 0) is 4.79 Å². The lowest BCUT2D eigenvalue weighted by Crippen LogP contribution is -2.44. The van der Waals surface area contributed by atoms with Crippen molar-refractivity contribution in [3.05, 3.63) is 0 Å². The van der Waals surface area contributed by atoms with Gasteiger partial charge in [-0.1, -0.05) is 26.2 Å². The number of rotatable bonds is 6. The molecule has 0 atom stereocenters. The van der Waals surface area contributed by atoms with Gasteiger partial charge in [0.1, 0.15) is 0 Å². The molecule has 1 rings (SSSR count). The molecule has 1 aliphatic rings. The van der Waals surface area contributed by atoms with Crippen LogP contribution in [0.5, 0.6) is 0 Å². The molecule has 20 heavy (non-hydrogen) atoms. The molecule has 116 valence electrons. The summed E-state index contributed by atoms with van der Waals surface area (Å²) in [5.74, 6) is 0.517. The molecular weight excluding hydrogens is 256 g/mol. The topological polar surface area (TPSA) is 78.4 Å². The maximum absolute atomic E-state index is 11.7. The fourth-order valence-corrected chi connectivity index (χ4v) is 2.52. The number of carboxylic acid groups (broad SMARTS) is 1. The highest BCUT2D eigenvalue weighted by Gasteiger charge is 2.27. The number of carbonyl (C=O) groups is 2. The summed E-state index contributed by atoms with van der Waals surface area (Å²) in [4.78, 5) is 22.6. The fraction of sp³-hybridized carbons (Fsp3) is 0.867. The van der Waals surface area contributed by atoms with Gasteiger partial charge in [-0.15, -0.1) is 0 Å². The minimum atomic E-state index is -0.934. The van der Waals surface area contributed by atoms with Crippen molar-refractivity contribution in [1.82, 2.24) is 10.6 Å². The number of hydrogen-bond donors (Lipinski definition) is 3. The number of urea groups is 1. The number of aliphatic carboxylic acids is 1. The minimum absolute atomic E-state index is 0.136. The van der Waals surface area contributed by atoms with Gasteiger partial charge in [0.2, 0.25) is 0 Å². The Labute approximate surface area is 121 Å². The SMILES string of the molecule is CCC1CCC(CNC(=O)NCC(C)(C)C(=O)O)CC1. The van der Waals surface area contributed by atoms with Crippen LogP contribution in [0.25, 0.3) is 0 Å². The monoisotopic (exact) mass is 284 g/mol. The van der Waals surface area contributed by atoms with E-state index in [0.29, 0.717) is 12.5 Å². The average molecular weight is 284 g/mol. The van der Waals surface area contributed by atoms with Crippen LogP contribution in [0.4, 0.5) is 4.79 Å². The van der Waals surface area contributed by atoms with Crippen LogP contribution >= 0.6 is 0 Å². The van der Waals surface area contributed by atoms with Gasteiger partial charge in [-0.3, -0.25) is 4.79 Å². The van der Waals surface area contributed by atoms with E-state index in [2.05, 4.69) is 17.6 Å². The first-order chi connectivity index (χ1) is 9.35. The molecule has 5 nitrogen and oxygen atoms in total. The molecule has 1 aliphatic carbocycles. The maximum atomic E-state index is 11.7. The van der Waals surface area contributed by atoms with Crippen LogP contribution in [0.2, 0.25) is 0 Å². The number of amides is 2. The van der Waals surface area contributed by atoms with Gasteiger partial charge in [0.15, 0.2) is 0 Å². The first kappa shape index (κ1) is 16.8. The van der Waals surface area contributed by atoms with Gasteiger partial charge >= 0.3 is 12.0 Å². The Balaban J connectivity index is 2.19. The standard InChI is InChI=1S/C15H28N2O3/c1-4-11-5-7-12(8-6-11)9-16-14(20)17-10-15(2,3)13(18)19/h11-12H,4-10H2,1-3H3,(H,18,19)(H2,16,17,20). The predicted octanol–water partition coefficient (Wildman–Crippen LogP) is 2.61. The molecule has 0 unspecified atom stereocenters. The first-order valence-corrected chi connectivity index (χ1v) is 7.60. The van der Waals surface area contributed by atoms with Crippen LogP contribution < -0.4 is 10.6 Å². The van der Waals surface area contributed by atoms with Gasteiger partial charge in [-0.05, 0) is 38.5 Å². The molecule has 0 saturated heterocycles. The number of hydrogen-bond acceptors (Lipinski definition) is 2. The van der Waals surface area contributed by atoms with Gasteiger partial charge < -0.3 is 15.7 Å². The van der Waals surface area contributed by atoms with Crippen molar-refractivity contribution in [3.8, 4) is 0 Å². The van der Waals surface area contributed by atoms with E-state index in [1.54, 1.807) is 13.8 Å². The Kier molecular flexibility index (Phi) is 6.30. The Bertz CT molecular complexity index is 334. The van der Waals surface area contributed by atoms with E-state index in [0.717, 1.165) is 5.92 Å². The van der Waals surface area contributed by atoms with Crippen molar-refractivity contribution >= 4 is 12.0 Å². The fourth-order valence-electron chi connectivity index (χ4n) is 2.52. The van der Waals surface area contributed by atoms with Crippen molar-refractivity contribution in [3.63, 3.8) is 0 Å². The summed E-state index contributed by atoms with van der Waals surface area (Å²) in [6, 6.07) is -0.267. The molecule has 0 aliphatic heterocycles. The molecule has 0 heterocycles. The lowest BCUT2D eigenvalue weighted by atomic mass is 9.81. The lowest BCUT2D eigenvalue weighted by molar-refractivity contribution is -0.146. The molecule has 3 N–H and O–H groups in total.